The van der Waals surface area contributed by atoms with E-state index in [0.29, 0.717) is 12.1 Å². The molecule has 1 atom stereocenters. The van der Waals surface area contributed by atoms with Gasteiger partial charge in [0.05, 0.1) is 5.84 Å². The van der Waals surface area contributed by atoms with E-state index in [0.717, 1.165) is 44.0 Å². The minimum atomic E-state index is 0.437. The molecule has 20 heavy (non-hydrogen) atoms. The molecule has 1 saturated heterocycles. The van der Waals surface area contributed by atoms with Gasteiger partial charge < -0.3 is 14.4 Å². The number of likely N-dealkylation sites (N-methyl/N-ethyl adjacent to an activating group) is 1. The molecule has 5 heteroatoms. The minimum Gasteiger partial charge on any atom is -0.359 e. The molecule has 1 aromatic rings. The molecule has 1 aliphatic heterocycles. The predicted octanol–water partition coefficient (Wildman–Crippen LogP) is 2.01. The van der Waals surface area contributed by atoms with Crippen molar-refractivity contribution in [3.05, 3.63) is 18.2 Å². The van der Waals surface area contributed by atoms with E-state index in [9.17, 15) is 0 Å². The van der Waals surface area contributed by atoms with Crippen molar-refractivity contribution in [2.45, 2.75) is 45.2 Å². The van der Waals surface area contributed by atoms with Crippen molar-refractivity contribution in [1.82, 2.24) is 19.4 Å². The van der Waals surface area contributed by atoms with E-state index in [-0.39, 0.29) is 0 Å². The number of amidine groups is 1. The third-order valence-corrected chi connectivity index (χ3v) is 4.17. The average Bonchev–Trinajstić information content (AvgIpc) is 3.04. The Hall–Kier alpha value is -1.36. The zero-order chi connectivity index (χ0) is 14.7. The van der Waals surface area contributed by atoms with Crippen molar-refractivity contribution >= 4 is 5.84 Å². The summed E-state index contributed by atoms with van der Waals surface area (Å²) in [6, 6.07) is 1.03. The fraction of sp³-hybridized carbons (Fsp3) is 0.733. The number of aromatic nitrogens is 2. The van der Waals surface area contributed by atoms with E-state index in [1.807, 2.05) is 12.4 Å². The molecule has 5 nitrogen and oxygen atoms in total. The summed E-state index contributed by atoms with van der Waals surface area (Å²) in [5.41, 5.74) is 0. The molecule has 1 aliphatic rings. The van der Waals surface area contributed by atoms with Gasteiger partial charge in [-0.2, -0.15) is 0 Å². The Bertz CT molecular complexity index is 449. The first kappa shape index (κ1) is 15.0. The zero-order valence-corrected chi connectivity index (χ0v) is 13.1. The second kappa shape index (κ2) is 6.39. The van der Waals surface area contributed by atoms with Crippen LogP contribution in [-0.4, -0.2) is 58.4 Å². The smallest absolute Gasteiger partial charge is 0.109 e. The highest BCUT2D eigenvalue weighted by Crippen LogP contribution is 2.16. The maximum atomic E-state index is 8.27. The monoisotopic (exact) mass is 277 g/mol. The molecule has 0 bridgehead atoms. The second-order valence-electron chi connectivity index (χ2n) is 6.14. The highest BCUT2D eigenvalue weighted by Gasteiger charge is 2.25. The predicted molar refractivity (Wildman–Crippen MR) is 82.3 cm³/mol. The number of hydrogen-bond donors (Lipinski definition) is 1. The van der Waals surface area contributed by atoms with E-state index < -0.39 is 0 Å². The van der Waals surface area contributed by atoms with Gasteiger partial charge >= 0.3 is 0 Å². The molecule has 0 spiro atoms. The van der Waals surface area contributed by atoms with Crippen LogP contribution >= 0.6 is 0 Å². The van der Waals surface area contributed by atoms with Gasteiger partial charge in [-0.05, 0) is 34.4 Å². The average molecular weight is 277 g/mol. The first-order valence-corrected chi connectivity index (χ1v) is 7.49. The van der Waals surface area contributed by atoms with Gasteiger partial charge in [-0.15, -0.1) is 0 Å². The van der Waals surface area contributed by atoms with Crippen LogP contribution in [0.15, 0.2) is 12.4 Å². The third kappa shape index (κ3) is 3.39. The number of nitrogens with zero attached hydrogens (tertiary/aromatic N) is 4. The summed E-state index contributed by atoms with van der Waals surface area (Å²) >= 11 is 0. The number of rotatable bonds is 5. The maximum absolute atomic E-state index is 8.27. The van der Waals surface area contributed by atoms with Crippen molar-refractivity contribution in [1.29, 1.82) is 5.41 Å². The summed E-state index contributed by atoms with van der Waals surface area (Å²) in [5.74, 6) is 1.85. The lowest BCUT2D eigenvalue weighted by Crippen LogP contribution is -2.34. The van der Waals surface area contributed by atoms with Crippen molar-refractivity contribution < 1.29 is 0 Å². The highest BCUT2D eigenvalue weighted by atomic mass is 15.2. The largest absolute Gasteiger partial charge is 0.359 e. The van der Waals surface area contributed by atoms with E-state index in [1.54, 1.807) is 0 Å². The molecule has 1 fully saturated rings. The lowest BCUT2D eigenvalue weighted by Gasteiger charge is -2.22. The van der Waals surface area contributed by atoms with Crippen molar-refractivity contribution in [2.75, 3.05) is 27.2 Å². The van der Waals surface area contributed by atoms with Crippen molar-refractivity contribution in [3.8, 4) is 0 Å². The van der Waals surface area contributed by atoms with Gasteiger partial charge in [0.2, 0.25) is 0 Å². The molecule has 1 aromatic heterocycles. The van der Waals surface area contributed by atoms with E-state index >= 15 is 0 Å². The van der Waals surface area contributed by atoms with Crippen LogP contribution < -0.4 is 0 Å². The Kier molecular flexibility index (Phi) is 4.81. The van der Waals surface area contributed by atoms with Gasteiger partial charge in [-0.3, -0.25) is 5.41 Å². The molecular formula is C15H27N5. The molecule has 1 N–H and O–H groups in total. The van der Waals surface area contributed by atoms with Crippen LogP contribution in [0.5, 0.6) is 0 Å². The standard InChI is InChI=1S/C15H27N5/c1-12(2)20-10-8-17-15(20)6-5-14(16)19-9-7-13(11-19)18(3)4/h8,10,12-13,16H,5-7,9,11H2,1-4H3. The molecule has 0 aliphatic carbocycles. The topological polar surface area (TPSA) is 48.2 Å². The Morgan fingerprint density at radius 2 is 2.25 bits per heavy atom. The third-order valence-electron chi connectivity index (χ3n) is 4.17. The quantitative estimate of drug-likeness (QED) is 0.661. The molecule has 112 valence electrons. The molecule has 2 rings (SSSR count). The van der Waals surface area contributed by atoms with Gasteiger partial charge in [-0.1, -0.05) is 0 Å². The molecule has 0 aromatic carbocycles. The van der Waals surface area contributed by atoms with Crippen LogP contribution in [0.4, 0.5) is 0 Å². The van der Waals surface area contributed by atoms with Crippen LogP contribution in [0.25, 0.3) is 0 Å². The number of imidazole rings is 1. The fourth-order valence-corrected chi connectivity index (χ4v) is 2.80. The fourth-order valence-electron chi connectivity index (χ4n) is 2.80. The number of nitrogens with one attached hydrogen (secondary N) is 1. The first-order chi connectivity index (χ1) is 9.49. The number of aryl methyl sites for hydroxylation is 1. The van der Waals surface area contributed by atoms with E-state index in [1.165, 1.54) is 0 Å². The summed E-state index contributed by atoms with van der Waals surface area (Å²) in [4.78, 5) is 8.90. The van der Waals surface area contributed by atoms with Crippen LogP contribution in [0, 0.1) is 5.41 Å². The molecule has 2 heterocycles. The maximum Gasteiger partial charge on any atom is 0.109 e. The lowest BCUT2D eigenvalue weighted by molar-refractivity contribution is 0.300. The second-order valence-corrected chi connectivity index (χ2v) is 6.14. The molecule has 0 radical (unpaired) electrons. The molecule has 0 saturated carbocycles. The summed E-state index contributed by atoms with van der Waals surface area (Å²) in [7, 11) is 4.24. The summed E-state index contributed by atoms with van der Waals surface area (Å²) in [5, 5.41) is 8.27. The molecular weight excluding hydrogens is 250 g/mol. The van der Waals surface area contributed by atoms with Crippen molar-refractivity contribution in [3.63, 3.8) is 0 Å². The molecule has 0 amide bonds. The van der Waals surface area contributed by atoms with Crippen LogP contribution in [0.1, 0.15) is 38.6 Å². The summed E-state index contributed by atoms with van der Waals surface area (Å²) < 4.78 is 2.19. The Balaban J connectivity index is 1.85. The Morgan fingerprint density at radius 1 is 1.50 bits per heavy atom. The summed E-state index contributed by atoms with van der Waals surface area (Å²) in [6.07, 6.45) is 6.69. The molecule has 1 unspecified atom stereocenters. The van der Waals surface area contributed by atoms with Gasteiger partial charge in [0, 0.05) is 50.4 Å². The van der Waals surface area contributed by atoms with Gasteiger partial charge in [0.15, 0.2) is 0 Å². The minimum absolute atomic E-state index is 0.437. The lowest BCUT2D eigenvalue weighted by atomic mass is 10.2. The van der Waals surface area contributed by atoms with Gasteiger partial charge in [0.1, 0.15) is 5.82 Å². The summed E-state index contributed by atoms with van der Waals surface area (Å²) in [6.45, 7) is 6.34. The van der Waals surface area contributed by atoms with E-state index in [4.69, 9.17) is 5.41 Å². The normalized spacial score (nSPS) is 19.3. The Labute approximate surface area is 122 Å². The Morgan fingerprint density at radius 3 is 2.85 bits per heavy atom. The number of hydrogen-bond acceptors (Lipinski definition) is 3. The first-order valence-electron chi connectivity index (χ1n) is 7.49. The highest BCUT2D eigenvalue weighted by molar-refractivity contribution is 5.79. The van der Waals surface area contributed by atoms with Crippen LogP contribution in [-0.2, 0) is 6.42 Å². The zero-order valence-electron chi connectivity index (χ0n) is 13.1. The SMILES string of the molecule is CC(C)n1ccnc1CCC(=N)N1CCC(N(C)C)C1. The van der Waals surface area contributed by atoms with Crippen molar-refractivity contribution in [2.24, 2.45) is 0 Å². The van der Waals surface area contributed by atoms with Crippen LogP contribution in [0.2, 0.25) is 0 Å². The number of likely N-dealkylation sites (tertiary alicyclic amines) is 1. The van der Waals surface area contributed by atoms with Gasteiger partial charge in [-0.25, -0.2) is 4.98 Å². The van der Waals surface area contributed by atoms with Crippen LogP contribution in [0.3, 0.4) is 0 Å². The van der Waals surface area contributed by atoms with Gasteiger partial charge in [0.25, 0.3) is 0 Å². The van der Waals surface area contributed by atoms with E-state index in [2.05, 4.69) is 47.3 Å².